The fraction of sp³-hybridized carbons (Fsp3) is 0.350. The smallest absolute Gasteiger partial charge is 0.253 e. The largest absolute Gasteiger partial charge is 0.379 e. The molecule has 1 amide bonds. The van der Waals surface area contributed by atoms with Crippen molar-refractivity contribution in [3.63, 3.8) is 0 Å². The van der Waals surface area contributed by atoms with Crippen molar-refractivity contribution in [2.24, 2.45) is 0 Å². The number of morpholine rings is 1. The molecule has 1 fully saturated rings. The molecule has 6 nitrogen and oxygen atoms in total. The lowest BCUT2D eigenvalue weighted by Gasteiger charge is -2.27. The Labute approximate surface area is 170 Å². The molecule has 0 N–H and O–H groups in total. The molecule has 1 saturated heterocycles. The van der Waals surface area contributed by atoms with E-state index in [-0.39, 0.29) is 10.8 Å². The van der Waals surface area contributed by atoms with E-state index >= 15 is 0 Å². The van der Waals surface area contributed by atoms with Crippen molar-refractivity contribution in [1.29, 1.82) is 0 Å². The van der Waals surface area contributed by atoms with Crippen LogP contribution in [0.25, 0.3) is 0 Å². The molecule has 0 atom stereocenters. The molecule has 0 bridgehead atoms. The zero-order chi connectivity index (χ0) is 20.3. The van der Waals surface area contributed by atoms with Crippen molar-refractivity contribution in [2.75, 3.05) is 33.4 Å². The summed E-state index contributed by atoms with van der Waals surface area (Å²) >= 11 is 6.00. The van der Waals surface area contributed by atoms with Crippen LogP contribution in [0.4, 0.5) is 0 Å². The van der Waals surface area contributed by atoms with Gasteiger partial charge < -0.3 is 9.64 Å². The van der Waals surface area contributed by atoms with E-state index < -0.39 is 10.0 Å². The minimum Gasteiger partial charge on any atom is -0.379 e. The van der Waals surface area contributed by atoms with E-state index in [1.54, 1.807) is 43.1 Å². The third kappa shape index (κ3) is 4.55. The van der Waals surface area contributed by atoms with Gasteiger partial charge in [0, 0.05) is 37.3 Å². The second kappa shape index (κ2) is 8.61. The summed E-state index contributed by atoms with van der Waals surface area (Å²) in [5.74, 6) is -0.251. The molecule has 0 aromatic heterocycles. The molecule has 2 aromatic rings. The van der Waals surface area contributed by atoms with Crippen LogP contribution in [0.3, 0.4) is 0 Å². The molecule has 0 aliphatic carbocycles. The summed E-state index contributed by atoms with van der Waals surface area (Å²) in [5, 5.41) is 0.604. The van der Waals surface area contributed by atoms with Crippen molar-refractivity contribution in [3.8, 4) is 0 Å². The SMILES string of the molecule is Cc1ccc(C(=O)N(C)Cc2cccc(Cl)c2)cc1S(=O)(=O)N1CCOCC1. The van der Waals surface area contributed by atoms with E-state index in [0.717, 1.165) is 5.56 Å². The maximum Gasteiger partial charge on any atom is 0.253 e. The third-order valence-electron chi connectivity index (χ3n) is 4.68. The predicted molar refractivity (Wildman–Crippen MR) is 108 cm³/mol. The van der Waals surface area contributed by atoms with Gasteiger partial charge in [0.1, 0.15) is 0 Å². The second-order valence-corrected chi connectivity index (χ2v) is 9.13. The summed E-state index contributed by atoms with van der Waals surface area (Å²) in [6, 6.07) is 12.1. The van der Waals surface area contributed by atoms with Crippen LogP contribution < -0.4 is 0 Å². The van der Waals surface area contributed by atoms with Crippen LogP contribution in [0, 0.1) is 6.92 Å². The number of benzene rings is 2. The maximum absolute atomic E-state index is 13.0. The highest BCUT2D eigenvalue weighted by molar-refractivity contribution is 7.89. The molecule has 0 radical (unpaired) electrons. The molecule has 1 aliphatic rings. The predicted octanol–water partition coefficient (Wildman–Crippen LogP) is 2.94. The van der Waals surface area contributed by atoms with Gasteiger partial charge in [0.2, 0.25) is 10.0 Å². The number of carbonyl (C=O) groups excluding carboxylic acids is 1. The lowest BCUT2D eigenvalue weighted by Crippen LogP contribution is -2.41. The van der Waals surface area contributed by atoms with Crippen molar-refractivity contribution in [3.05, 3.63) is 64.2 Å². The van der Waals surface area contributed by atoms with Crippen LogP contribution in [0.5, 0.6) is 0 Å². The third-order valence-corrected chi connectivity index (χ3v) is 6.95. The molecule has 0 unspecified atom stereocenters. The molecule has 28 heavy (non-hydrogen) atoms. The molecule has 3 rings (SSSR count). The molecular weight excluding hydrogens is 400 g/mol. The van der Waals surface area contributed by atoms with Gasteiger partial charge in [0.25, 0.3) is 5.91 Å². The number of aryl methyl sites for hydroxylation is 1. The molecular formula is C20H23ClN2O4S. The first-order chi connectivity index (χ1) is 13.3. The Morgan fingerprint density at radius 1 is 1.18 bits per heavy atom. The van der Waals surface area contributed by atoms with Crippen LogP contribution in [0.15, 0.2) is 47.4 Å². The minimum absolute atomic E-state index is 0.163. The van der Waals surface area contributed by atoms with Crippen LogP contribution in [0.2, 0.25) is 5.02 Å². The molecule has 1 aliphatic heterocycles. The zero-order valence-electron chi connectivity index (χ0n) is 15.9. The second-order valence-electron chi connectivity index (χ2n) is 6.79. The van der Waals surface area contributed by atoms with E-state index in [0.29, 0.717) is 49.0 Å². The Kier molecular flexibility index (Phi) is 6.40. The first kappa shape index (κ1) is 20.8. The highest BCUT2D eigenvalue weighted by Crippen LogP contribution is 2.23. The van der Waals surface area contributed by atoms with E-state index in [9.17, 15) is 13.2 Å². The van der Waals surface area contributed by atoms with Gasteiger partial charge in [-0.05, 0) is 42.3 Å². The van der Waals surface area contributed by atoms with Crippen molar-refractivity contribution in [2.45, 2.75) is 18.4 Å². The monoisotopic (exact) mass is 422 g/mol. The summed E-state index contributed by atoms with van der Waals surface area (Å²) in [7, 11) is -1.99. The first-order valence-corrected chi connectivity index (χ1v) is 10.8. The van der Waals surface area contributed by atoms with Crippen LogP contribution in [-0.4, -0.2) is 56.9 Å². The number of rotatable bonds is 5. The first-order valence-electron chi connectivity index (χ1n) is 8.97. The number of halogens is 1. The molecule has 0 saturated carbocycles. The van der Waals surface area contributed by atoms with E-state index in [4.69, 9.17) is 16.3 Å². The van der Waals surface area contributed by atoms with Crippen LogP contribution in [0.1, 0.15) is 21.5 Å². The van der Waals surface area contributed by atoms with Gasteiger partial charge in [0.05, 0.1) is 18.1 Å². The summed E-state index contributed by atoms with van der Waals surface area (Å²) in [6.07, 6.45) is 0. The number of ether oxygens (including phenoxy) is 1. The highest BCUT2D eigenvalue weighted by atomic mass is 35.5. The summed E-state index contributed by atoms with van der Waals surface area (Å²) in [4.78, 5) is 14.6. The number of carbonyl (C=O) groups is 1. The number of sulfonamides is 1. The summed E-state index contributed by atoms with van der Waals surface area (Å²) in [6.45, 7) is 3.48. The van der Waals surface area contributed by atoms with Gasteiger partial charge in [-0.2, -0.15) is 4.31 Å². The fourth-order valence-electron chi connectivity index (χ4n) is 3.14. The van der Waals surface area contributed by atoms with Gasteiger partial charge in [-0.1, -0.05) is 29.8 Å². The molecule has 1 heterocycles. The van der Waals surface area contributed by atoms with E-state index in [2.05, 4.69) is 0 Å². The van der Waals surface area contributed by atoms with Crippen molar-refractivity contribution >= 4 is 27.5 Å². The zero-order valence-corrected chi connectivity index (χ0v) is 17.5. The molecule has 8 heteroatoms. The Morgan fingerprint density at radius 3 is 2.57 bits per heavy atom. The van der Waals surface area contributed by atoms with Crippen molar-refractivity contribution < 1.29 is 17.9 Å². The van der Waals surface area contributed by atoms with Gasteiger partial charge in [-0.25, -0.2) is 8.42 Å². The minimum atomic E-state index is -3.67. The standard InChI is InChI=1S/C20H23ClN2O4S/c1-15-6-7-17(13-19(15)28(25,26)23-8-10-27-11-9-23)20(24)22(2)14-16-4-3-5-18(21)12-16/h3-7,12-13H,8-11,14H2,1-2H3. The Bertz CT molecular complexity index is 972. The van der Waals surface area contributed by atoms with Crippen LogP contribution >= 0.6 is 11.6 Å². The summed E-state index contributed by atoms with van der Waals surface area (Å²) < 4.78 is 32.7. The number of nitrogens with zero attached hydrogens (tertiary/aromatic N) is 2. The Morgan fingerprint density at radius 2 is 1.89 bits per heavy atom. The highest BCUT2D eigenvalue weighted by Gasteiger charge is 2.28. The fourth-order valence-corrected chi connectivity index (χ4v) is 5.01. The summed E-state index contributed by atoms with van der Waals surface area (Å²) in [5.41, 5.74) is 1.85. The average Bonchev–Trinajstić information content (AvgIpc) is 2.68. The van der Waals surface area contributed by atoms with E-state index in [1.165, 1.54) is 10.4 Å². The lowest BCUT2D eigenvalue weighted by molar-refractivity contribution is 0.0730. The molecule has 2 aromatic carbocycles. The number of hydrogen-bond donors (Lipinski definition) is 0. The Hall–Kier alpha value is -1.93. The normalized spacial score (nSPS) is 15.4. The van der Waals surface area contributed by atoms with Crippen LogP contribution in [-0.2, 0) is 21.3 Å². The van der Waals surface area contributed by atoms with E-state index in [1.807, 2.05) is 12.1 Å². The average molecular weight is 423 g/mol. The lowest BCUT2D eigenvalue weighted by atomic mass is 10.1. The van der Waals surface area contributed by atoms with Gasteiger partial charge in [0.15, 0.2) is 0 Å². The maximum atomic E-state index is 13.0. The van der Waals surface area contributed by atoms with Gasteiger partial charge >= 0.3 is 0 Å². The molecule has 150 valence electrons. The molecule has 0 spiro atoms. The van der Waals surface area contributed by atoms with Crippen molar-refractivity contribution in [1.82, 2.24) is 9.21 Å². The van der Waals surface area contributed by atoms with Gasteiger partial charge in [-0.15, -0.1) is 0 Å². The van der Waals surface area contributed by atoms with Gasteiger partial charge in [-0.3, -0.25) is 4.79 Å². The number of amides is 1. The quantitative estimate of drug-likeness (QED) is 0.743. The Balaban J connectivity index is 1.84. The number of hydrogen-bond acceptors (Lipinski definition) is 4. The topological polar surface area (TPSA) is 66.9 Å².